The molecule has 1 aliphatic rings. The van der Waals surface area contributed by atoms with Crippen LogP contribution in [-0.2, 0) is 6.54 Å². The number of rotatable bonds is 4. The maximum Gasteiger partial charge on any atom is 0.227 e. The van der Waals surface area contributed by atoms with Crippen LogP contribution in [0.15, 0.2) is 40.8 Å². The molecule has 0 saturated carbocycles. The zero-order chi connectivity index (χ0) is 16.4. The highest BCUT2D eigenvalue weighted by Gasteiger charge is 2.16. The van der Waals surface area contributed by atoms with E-state index in [-0.39, 0.29) is 0 Å². The highest BCUT2D eigenvalue weighted by atomic mass is 16.3. The fraction of sp³-hybridized carbons (Fsp3) is 0.368. The first kappa shape index (κ1) is 15.0. The minimum absolute atomic E-state index is 0.619. The lowest BCUT2D eigenvalue weighted by Gasteiger charge is -2.27. The molecule has 3 heterocycles. The van der Waals surface area contributed by atoms with Crippen LogP contribution in [0.5, 0.6) is 0 Å². The normalized spacial score (nSPS) is 15.0. The van der Waals surface area contributed by atoms with Crippen molar-refractivity contribution in [2.75, 3.05) is 23.3 Å². The lowest BCUT2D eigenvalue weighted by Crippen LogP contribution is -2.31. The summed E-state index contributed by atoms with van der Waals surface area (Å²) in [6, 6.07) is 12.1. The van der Waals surface area contributed by atoms with Crippen molar-refractivity contribution in [3.63, 3.8) is 0 Å². The third kappa shape index (κ3) is 3.07. The number of hydrogen-bond donors (Lipinski definition) is 1. The molecule has 5 nitrogen and oxygen atoms in total. The topological polar surface area (TPSA) is 54.2 Å². The van der Waals surface area contributed by atoms with Gasteiger partial charge in [0.05, 0.1) is 12.1 Å². The first-order valence-electron chi connectivity index (χ1n) is 8.60. The fourth-order valence-corrected chi connectivity index (χ4v) is 3.19. The molecule has 0 bridgehead atoms. The first-order chi connectivity index (χ1) is 11.8. The van der Waals surface area contributed by atoms with E-state index in [0.717, 1.165) is 47.3 Å². The van der Waals surface area contributed by atoms with Gasteiger partial charge < -0.3 is 14.6 Å². The summed E-state index contributed by atoms with van der Waals surface area (Å²) in [5.41, 5.74) is 0.978. The Bertz CT molecular complexity index is 836. The molecule has 0 amide bonds. The lowest BCUT2D eigenvalue weighted by atomic mass is 10.1. The molecule has 0 unspecified atom stereocenters. The Labute approximate surface area is 141 Å². The molecule has 3 aromatic rings. The van der Waals surface area contributed by atoms with E-state index in [4.69, 9.17) is 14.4 Å². The van der Waals surface area contributed by atoms with Crippen LogP contribution in [0.1, 0.15) is 30.8 Å². The average Bonchev–Trinajstić information content (AvgIpc) is 3.05. The standard InChI is InChI=1S/C19H22N4O/c1-14-9-10-15(24-14)13-20-18-16-7-3-4-8-17(16)21-19(22-18)23-11-5-2-6-12-23/h3-4,7-10H,2,5-6,11-13H2,1H3,(H,20,21,22). The molecule has 0 radical (unpaired) electrons. The summed E-state index contributed by atoms with van der Waals surface area (Å²) in [4.78, 5) is 11.9. The number of anilines is 2. The van der Waals surface area contributed by atoms with Gasteiger partial charge in [-0.2, -0.15) is 4.98 Å². The van der Waals surface area contributed by atoms with Crippen LogP contribution >= 0.6 is 0 Å². The van der Waals surface area contributed by atoms with Gasteiger partial charge in [-0.25, -0.2) is 4.98 Å². The number of aryl methyl sites for hydroxylation is 1. The number of nitrogens with zero attached hydrogens (tertiary/aromatic N) is 3. The Kier molecular flexibility index (Phi) is 4.07. The Morgan fingerprint density at radius 3 is 2.67 bits per heavy atom. The zero-order valence-corrected chi connectivity index (χ0v) is 14.0. The van der Waals surface area contributed by atoms with E-state index in [1.807, 2.05) is 37.3 Å². The second kappa shape index (κ2) is 6.51. The lowest BCUT2D eigenvalue weighted by molar-refractivity contribution is 0.490. The largest absolute Gasteiger partial charge is 0.465 e. The Morgan fingerprint density at radius 1 is 1.04 bits per heavy atom. The summed E-state index contributed by atoms with van der Waals surface area (Å²) in [5, 5.41) is 4.47. The van der Waals surface area contributed by atoms with Gasteiger partial charge in [0.1, 0.15) is 17.3 Å². The first-order valence-corrected chi connectivity index (χ1v) is 8.60. The number of fused-ring (bicyclic) bond motifs is 1. The smallest absolute Gasteiger partial charge is 0.227 e. The van der Waals surface area contributed by atoms with E-state index in [0.29, 0.717) is 6.54 Å². The van der Waals surface area contributed by atoms with Crippen molar-refractivity contribution in [3.8, 4) is 0 Å². The van der Waals surface area contributed by atoms with Gasteiger partial charge in [-0.15, -0.1) is 0 Å². The number of hydrogen-bond acceptors (Lipinski definition) is 5. The quantitative estimate of drug-likeness (QED) is 0.782. The fourth-order valence-electron chi connectivity index (χ4n) is 3.19. The molecule has 1 saturated heterocycles. The van der Waals surface area contributed by atoms with E-state index < -0.39 is 0 Å². The van der Waals surface area contributed by atoms with Crippen molar-refractivity contribution in [3.05, 3.63) is 47.9 Å². The summed E-state index contributed by atoms with van der Waals surface area (Å²) < 4.78 is 5.65. The summed E-state index contributed by atoms with van der Waals surface area (Å²) in [5.74, 6) is 3.53. The molecule has 4 rings (SSSR count). The van der Waals surface area contributed by atoms with Crippen LogP contribution in [0.25, 0.3) is 10.9 Å². The Morgan fingerprint density at radius 2 is 1.88 bits per heavy atom. The third-order valence-corrected chi connectivity index (χ3v) is 4.46. The maximum atomic E-state index is 5.65. The highest BCUT2D eigenvalue weighted by Crippen LogP contribution is 2.25. The van der Waals surface area contributed by atoms with E-state index in [2.05, 4.69) is 16.3 Å². The van der Waals surface area contributed by atoms with Crippen LogP contribution in [0.3, 0.4) is 0 Å². The monoisotopic (exact) mass is 322 g/mol. The molecule has 0 aliphatic carbocycles. The van der Waals surface area contributed by atoms with Crippen molar-refractivity contribution in [1.82, 2.24) is 9.97 Å². The summed E-state index contributed by atoms with van der Waals surface area (Å²) >= 11 is 0. The second-order valence-electron chi connectivity index (χ2n) is 6.30. The van der Waals surface area contributed by atoms with Crippen molar-refractivity contribution < 1.29 is 4.42 Å². The SMILES string of the molecule is Cc1ccc(CNc2nc(N3CCCCC3)nc3ccccc23)o1. The van der Waals surface area contributed by atoms with E-state index >= 15 is 0 Å². The molecule has 2 aromatic heterocycles. The van der Waals surface area contributed by atoms with Gasteiger partial charge in [0, 0.05) is 18.5 Å². The third-order valence-electron chi connectivity index (χ3n) is 4.46. The van der Waals surface area contributed by atoms with Crippen molar-refractivity contribution in [2.45, 2.75) is 32.7 Å². The van der Waals surface area contributed by atoms with Gasteiger partial charge >= 0.3 is 0 Å². The summed E-state index contributed by atoms with van der Waals surface area (Å²) in [6.45, 7) is 4.65. The van der Waals surface area contributed by atoms with Gasteiger partial charge in [-0.05, 0) is 50.5 Å². The molecule has 0 spiro atoms. The van der Waals surface area contributed by atoms with Gasteiger partial charge in [0.15, 0.2) is 0 Å². The second-order valence-corrected chi connectivity index (χ2v) is 6.30. The predicted octanol–water partition coefficient (Wildman–Crippen LogP) is 4.13. The van der Waals surface area contributed by atoms with Crippen LogP contribution < -0.4 is 10.2 Å². The molecule has 1 aliphatic heterocycles. The molecular formula is C19H22N4O. The summed E-state index contributed by atoms with van der Waals surface area (Å²) in [6.07, 6.45) is 3.72. The van der Waals surface area contributed by atoms with Gasteiger partial charge in [0.2, 0.25) is 5.95 Å². The molecule has 124 valence electrons. The summed E-state index contributed by atoms with van der Waals surface area (Å²) in [7, 11) is 0. The number of aromatic nitrogens is 2. The minimum atomic E-state index is 0.619. The number of furan rings is 1. The van der Waals surface area contributed by atoms with Gasteiger partial charge in [0.25, 0.3) is 0 Å². The van der Waals surface area contributed by atoms with E-state index in [1.54, 1.807) is 0 Å². The van der Waals surface area contributed by atoms with Crippen molar-refractivity contribution in [2.24, 2.45) is 0 Å². The van der Waals surface area contributed by atoms with E-state index in [1.165, 1.54) is 19.3 Å². The molecule has 5 heteroatoms. The van der Waals surface area contributed by atoms with Gasteiger partial charge in [-0.1, -0.05) is 12.1 Å². The van der Waals surface area contributed by atoms with Crippen LogP contribution in [0.4, 0.5) is 11.8 Å². The van der Waals surface area contributed by atoms with Crippen molar-refractivity contribution >= 4 is 22.7 Å². The zero-order valence-electron chi connectivity index (χ0n) is 14.0. The molecule has 24 heavy (non-hydrogen) atoms. The van der Waals surface area contributed by atoms with Crippen molar-refractivity contribution in [1.29, 1.82) is 0 Å². The molecule has 1 fully saturated rings. The Balaban J connectivity index is 1.66. The number of nitrogens with one attached hydrogen (secondary N) is 1. The highest BCUT2D eigenvalue weighted by molar-refractivity contribution is 5.90. The predicted molar refractivity (Wildman–Crippen MR) is 96.4 cm³/mol. The van der Waals surface area contributed by atoms with Crippen LogP contribution in [0, 0.1) is 6.92 Å². The average molecular weight is 322 g/mol. The molecule has 1 N–H and O–H groups in total. The van der Waals surface area contributed by atoms with E-state index in [9.17, 15) is 0 Å². The molecule has 1 aromatic carbocycles. The molecule has 0 atom stereocenters. The number of benzene rings is 1. The number of piperidine rings is 1. The van der Waals surface area contributed by atoms with Gasteiger partial charge in [-0.3, -0.25) is 0 Å². The number of para-hydroxylation sites is 1. The van der Waals surface area contributed by atoms with Crippen LogP contribution in [0.2, 0.25) is 0 Å². The maximum absolute atomic E-state index is 5.65. The van der Waals surface area contributed by atoms with Crippen LogP contribution in [-0.4, -0.2) is 23.1 Å². The molecular weight excluding hydrogens is 300 g/mol. The Hall–Kier alpha value is -2.56. The minimum Gasteiger partial charge on any atom is -0.465 e.